The molecule has 2 amide bonds. The van der Waals surface area contributed by atoms with E-state index in [0.29, 0.717) is 37.8 Å². The number of rotatable bonds is 13. The van der Waals surface area contributed by atoms with Gasteiger partial charge in [0.05, 0.1) is 11.1 Å². The van der Waals surface area contributed by atoms with E-state index in [9.17, 15) is 9.59 Å². The second-order valence-corrected chi connectivity index (χ2v) is 21.2. The number of amides is 2. The fraction of sp³-hybridized carbons (Fsp3) is 0.500. The summed E-state index contributed by atoms with van der Waals surface area (Å²) in [7, 11) is -1.25. The molecule has 4 aromatic rings. The van der Waals surface area contributed by atoms with Crippen molar-refractivity contribution in [3.8, 4) is 11.3 Å². The monoisotopic (exact) mass is 725 g/mol. The van der Waals surface area contributed by atoms with Gasteiger partial charge >= 0.3 is 6.09 Å². The fourth-order valence-electron chi connectivity index (χ4n) is 7.31. The Balaban J connectivity index is 1.06. The van der Waals surface area contributed by atoms with Crippen LogP contribution in [0.4, 0.5) is 16.3 Å². The Bertz CT molecular complexity index is 1870. The van der Waals surface area contributed by atoms with E-state index in [1.54, 1.807) is 12.5 Å². The molecule has 1 unspecified atom stereocenters. The van der Waals surface area contributed by atoms with Crippen molar-refractivity contribution in [1.29, 1.82) is 0 Å². The van der Waals surface area contributed by atoms with Crippen LogP contribution in [0.25, 0.3) is 22.3 Å². The van der Waals surface area contributed by atoms with Crippen LogP contribution in [0.1, 0.15) is 41.7 Å². The molecule has 1 atom stereocenters. The molecule has 1 aromatic carbocycles. The summed E-state index contributed by atoms with van der Waals surface area (Å²) in [6.45, 7) is 14.3. The van der Waals surface area contributed by atoms with Crippen LogP contribution in [-0.2, 0) is 18.0 Å². The molecule has 1 saturated carbocycles. The zero-order chi connectivity index (χ0) is 36.2. The van der Waals surface area contributed by atoms with Crippen molar-refractivity contribution in [2.45, 2.75) is 76.7 Å². The maximum Gasteiger partial charge on any atom is 0.404 e. The second-order valence-electron chi connectivity index (χ2n) is 15.6. The molecule has 2 saturated heterocycles. The number of anilines is 2. The highest BCUT2D eigenvalue weighted by molar-refractivity contribution is 6.76. The van der Waals surface area contributed by atoms with Crippen LogP contribution < -0.4 is 15.5 Å². The second kappa shape index (κ2) is 15.7. The largest absolute Gasteiger partial charge is 0.465 e. The molecule has 0 bridgehead atoms. The molecule has 0 radical (unpaired) electrons. The van der Waals surface area contributed by atoms with E-state index in [2.05, 4.69) is 60.6 Å². The molecule has 5 heterocycles. The highest BCUT2D eigenvalue weighted by Crippen LogP contribution is 2.34. The van der Waals surface area contributed by atoms with Crippen molar-refractivity contribution in [1.82, 2.24) is 34.6 Å². The van der Waals surface area contributed by atoms with Crippen LogP contribution in [-0.4, -0.2) is 112 Å². The summed E-state index contributed by atoms with van der Waals surface area (Å²) in [4.78, 5) is 45.5. The van der Waals surface area contributed by atoms with Gasteiger partial charge in [-0.2, -0.15) is 0 Å². The Hall–Kier alpha value is -4.37. The average Bonchev–Trinajstić information content (AvgIpc) is 3.91. The van der Waals surface area contributed by atoms with E-state index >= 15 is 0 Å². The normalized spacial score (nSPS) is 18.8. The first-order valence-corrected chi connectivity index (χ1v) is 22.3. The minimum absolute atomic E-state index is 0.0923. The standard InChI is InChI=1S/C38H51N9O4Si/c1-52(2,3)20-19-51-26-47-34(22-32-35(40-25-41-36(32)47)46-17-15-45(16-18-46)31-10-11-31)28-6-8-29(9-7-28)42-37(48)33-21-27(12-13-39-33)23-44-14-4-5-30(24-44)43-38(49)50/h6-9,12-13,21-22,25,30-31,43H,4-5,10-11,14-20,23-24,26H2,1-3H3,(H,42,48)(H,49,50). The summed E-state index contributed by atoms with van der Waals surface area (Å²) in [6.07, 6.45) is 6.72. The Kier molecular flexibility index (Phi) is 10.9. The Morgan fingerprint density at radius 3 is 2.48 bits per heavy atom. The van der Waals surface area contributed by atoms with Crippen LogP contribution >= 0.6 is 0 Å². The van der Waals surface area contributed by atoms with E-state index in [1.807, 2.05) is 36.4 Å². The number of nitrogens with one attached hydrogen (secondary N) is 2. The van der Waals surface area contributed by atoms with Crippen molar-refractivity contribution in [2.24, 2.45) is 0 Å². The van der Waals surface area contributed by atoms with Crippen molar-refractivity contribution in [2.75, 3.05) is 56.1 Å². The van der Waals surface area contributed by atoms with E-state index in [0.717, 1.165) is 91.3 Å². The quantitative estimate of drug-likeness (QED) is 0.118. The zero-order valence-corrected chi connectivity index (χ0v) is 31.6. The number of carboxylic acid groups (broad SMARTS) is 1. The third-order valence-corrected chi connectivity index (χ3v) is 12.0. The van der Waals surface area contributed by atoms with Gasteiger partial charge in [-0.1, -0.05) is 31.8 Å². The lowest BCUT2D eigenvalue weighted by Crippen LogP contribution is -2.47. The number of pyridine rings is 1. The summed E-state index contributed by atoms with van der Waals surface area (Å²) >= 11 is 0. The van der Waals surface area contributed by atoms with Crippen LogP contribution in [0.3, 0.4) is 0 Å². The van der Waals surface area contributed by atoms with Crippen LogP contribution in [0.2, 0.25) is 25.7 Å². The lowest BCUT2D eigenvalue weighted by molar-refractivity contribution is 0.0909. The number of piperidine rings is 1. The van der Waals surface area contributed by atoms with E-state index in [4.69, 9.17) is 19.8 Å². The van der Waals surface area contributed by atoms with Gasteiger partial charge in [-0.15, -0.1) is 0 Å². The SMILES string of the molecule is C[Si](C)(C)CCOCn1c(-c2ccc(NC(=O)c3cc(CN4CCCC(NC(=O)O)C4)ccn3)cc2)cc2c(N3CCN(C4CC4)CC3)ncnc21. The maximum absolute atomic E-state index is 13.3. The van der Waals surface area contributed by atoms with Gasteiger partial charge in [-0.25, -0.2) is 14.8 Å². The van der Waals surface area contributed by atoms with Crippen LogP contribution in [0, 0.1) is 0 Å². The van der Waals surface area contributed by atoms with Gasteiger partial charge in [0, 0.05) is 77.9 Å². The van der Waals surface area contributed by atoms with Gasteiger partial charge in [0.1, 0.15) is 30.2 Å². The number of ether oxygens (including phenoxy) is 1. The lowest BCUT2D eigenvalue weighted by Gasteiger charge is -2.35. The van der Waals surface area contributed by atoms with Gasteiger partial charge in [-0.3, -0.25) is 19.6 Å². The number of likely N-dealkylation sites (tertiary alicyclic amines) is 1. The molecule has 14 heteroatoms. The average molecular weight is 726 g/mol. The predicted octanol–water partition coefficient (Wildman–Crippen LogP) is 5.57. The van der Waals surface area contributed by atoms with Gasteiger partial charge in [0.2, 0.25) is 0 Å². The number of nitrogens with zero attached hydrogens (tertiary/aromatic N) is 7. The summed E-state index contributed by atoms with van der Waals surface area (Å²) in [5.41, 5.74) is 4.80. The molecule has 52 heavy (non-hydrogen) atoms. The number of fused-ring (bicyclic) bond motifs is 1. The summed E-state index contributed by atoms with van der Waals surface area (Å²) in [5.74, 6) is 0.684. The molecule has 7 rings (SSSR count). The molecule has 3 aromatic heterocycles. The minimum Gasteiger partial charge on any atom is -0.465 e. The number of carbonyl (C=O) groups excluding carboxylic acids is 1. The topological polar surface area (TPSA) is 141 Å². The van der Waals surface area contributed by atoms with Crippen molar-refractivity contribution in [3.63, 3.8) is 0 Å². The summed E-state index contributed by atoms with van der Waals surface area (Å²) < 4.78 is 8.43. The number of carbonyl (C=O) groups is 2. The van der Waals surface area contributed by atoms with E-state index in [-0.39, 0.29) is 11.9 Å². The summed E-state index contributed by atoms with van der Waals surface area (Å²) in [6, 6.07) is 15.5. The van der Waals surface area contributed by atoms with Crippen LogP contribution in [0.15, 0.2) is 55.0 Å². The Labute approximate surface area is 306 Å². The third-order valence-electron chi connectivity index (χ3n) is 10.3. The van der Waals surface area contributed by atoms with E-state index in [1.165, 1.54) is 12.8 Å². The molecular weight excluding hydrogens is 675 g/mol. The fourth-order valence-corrected chi connectivity index (χ4v) is 8.07. The number of benzene rings is 1. The van der Waals surface area contributed by atoms with Gasteiger partial charge in [-0.05, 0) is 79.7 Å². The maximum atomic E-state index is 13.3. The van der Waals surface area contributed by atoms with Crippen molar-refractivity contribution >= 4 is 42.6 Å². The number of hydrogen-bond donors (Lipinski definition) is 3. The highest BCUT2D eigenvalue weighted by atomic mass is 28.3. The van der Waals surface area contributed by atoms with Crippen molar-refractivity contribution in [3.05, 3.63) is 66.2 Å². The molecule has 1 aliphatic carbocycles. The molecular formula is C38H51N9O4Si. The van der Waals surface area contributed by atoms with Crippen molar-refractivity contribution < 1.29 is 19.4 Å². The predicted molar refractivity (Wildman–Crippen MR) is 206 cm³/mol. The summed E-state index contributed by atoms with van der Waals surface area (Å²) in [5, 5.41) is 15.7. The molecule has 3 fully saturated rings. The molecule has 3 N–H and O–H groups in total. The number of aromatic nitrogens is 4. The molecule has 0 spiro atoms. The third kappa shape index (κ3) is 8.97. The Morgan fingerprint density at radius 2 is 1.75 bits per heavy atom. The molecule has 13 nitrogen and oxygen atoms in total. The first kappa shape index (κ1) is 36.0. The first-order chi connectivity index (χ1) is 25.1. The molecule has 2 aliphatic heterocycles. The smallest absolute Gasteiger partial charge is 0.404 e. The van der Waals surface area contributed by atoms with Crippen LogP contribution in [0.5, 0.6) is 0 Å². The highest BCUT2D eigenvalue weighted by Gasteiger charge is 2.32. The zero-order valence-electron chi connectivity index (χ0n) is 30.6. The lowest BCUT2D eigenvalue weighted by atomic mass is 10.0. The minimum atomic E-state index is -1.25. The molecule has 3 aliphatic rings. The van der Waals surface area contributed by atoms with E-state index < -0.39 is 14.2 Å². The van der Waals surface area contributed by atoms with Gasteiger partial charge in [0.25, 0.3) is 5.91 Å². The number of piperazine rings is 1. The number of hydrogen-bond acceptors (Lipinski definition) is 9. The first-order valence-electron chi connectivity index (χ1n) is 18.6. The molecule has 276 valence electrons. The van der Waals surface area contributed by atoms with Gasteiger partial charge < -0.3 is 29.9 Å². The Morgan fingerprint density at radius 1 is 0.962 bits per heavy atom. The van der Waals surface area contributed by atoms with Gasteiger partial charge in [0.15, 0.2) is 0 Å².